The first-order valence-electron chi connectivity index (χ1n) is 21.0. The smallest absolute Gasteiger partial charge is 0.240 e. The van der Waals surface area contributed by atoms with Crippen LogP contribution >= 0.6 is 0 Å². The van der Waals surface area contributed by atoms with E-state index in [1.807, 2.05) is 0 Å². The summed E-state index contributed by atoms with van der Waals surface area (Å²) in [6.07, 6.45) is 0. The van der Waals surface area contributed by atoms with Crippen LogP contribution in [0.3, 0.4) is 0 Å². The fraction of sp³-hybridized carbons (Fsp3) is 0. The van der Waals surface area contributed by atoms with E-state index in [2.05, 4.69) is 221 Å². The molecule has 3 heterocycles. The number of benzene rings is 10. The molecule has 13 aromatic rings. The normalized spacial score (nSPS) is 11.9. The number of rotatable bonds is 5. The third kappa shape index (κ3) is 5.25. The Labute approximate surface area is 356 Å². The molecule has 5 nitrogen and oxygen atoms in total. The van der Waals surface area contributed by atoms with E-state index in [9.17, 15) is 0 Å². The van der Waals surface area contributed by atoms with Crippen LogP contribution in [-0.4, -0.2) is 24.1 Å². The predicted octanol–water partition coefficient (Wildman–Crippen LogP) is 14.5. The van der Waals surface area contributed by atoms with Crippen LogP contribution in [-0.2, 0) is 0 Å². The first kappa shape index (κ1) is 34.5. The molecule has 5 heteroatoms. The fourth-order valence-electron chi connectivity index (χ4n) is 9.72. The Kier molecular flexibility index (Phi) is 7.54. The summed E-state index contributed by atoms with van der Waals surface area (Å²) in [6.45, 7) is 0. The quantitative estimate of drug-likeness (QED) is 0.163. The van der Waals surface area contributed by atoms with Gasteiger partial charge in [-0.15, -0.1) is 0 Å². The summed E-state index contributed by atoms with van der Waals surface area (Å²) in [5, 5.41) is 11.8. The van der Waals surface area contributed by atoms with Crippen molar-refractivity contribution in [1.29, 1.82) is 0 Å². The molecule has 0 bridgehead atoms. The van der Waals surface area contributed by atoms with E-state index in [-0.39, 0.29) is 0 Å². The van der Waals surface area contributed by atoms with Gasteiger partial charge in [-0.05, 0) is 84.9 Å². The number of fused-ring (bicyclic) bond motifs is 12. The summed E-state index contributed by atoms with van der Waals surface area (Å²) >= 11 is 0. The van der Waals surface area contributed by atoms with E-state index in [0.29, 0.717) is 17.7 Å². The highest BCUT2D eigenvalue weighted by Gasteiger charge is 2.22. The van der Waals surface area contributed by atoms with E-state index in [1.54, 1.807) is 0 Å². The average molecular weight is 790 g/mol. The first-order chi connectivity index (χ1) is 30.7. The molecule has 0 aliphatic heterocycles. The standard InChI is InChI=1S/C57H35N5/c1-3-15-36(16-4-1)38-27-31-48-46-23-11-13-25-51(46)61(53(48)34-38)56-58-55(40-29-30-45-43-21-8-7-19-41(43)42-20-9-10-22-44(42)50(45)33-40)59-57(60-56)62-52-26-14-12-24-47(52)49-32-28-39(35-54(49)62)37-17-5-2-6-18-37/h1-35H. The number of nitrogens with zero attached hydrogens (tertiary/aromatic N) is 5. The third-order valence-electron chi connectivity index (χ3n) is 12.6. The molecule has 0 N–H and O–H groups in total. The molecule has 0 saturated carbocycles. The van der Waals surface area contributed by atoms with Gasteiger partial charge in [-0.2, -0.15) is 15.0 Å². The number of hydrogen-bond donors (Lipinski definition) is 0. The molecule has 0 radical (unpaired) electrons. The lowest BCUT2D eigenvalue weighted by Gasteiger charge is -2.14. The molecule has 0 aliphatic rings. The summed E-state index contributed by atoms with van der Waals surface area (Å²) in [7, 11) is 0. The Hall–Kier alpha value is -8.41. The number of para-hydroxylation sites is 2. The molecule has 10 aromatic carbocycles. The van der Waals surface area contributed by atoms with E-state index >= 15 is 0 Å². The van der Waals surface area contributed by atoms with Crippen molar-refractivity contribution in [3.63, 3.8) is 0 Å². The second-order valence-corrected chi connectivity index (χ2v) is 16.0. The minimum absolute atomic E-state index is 0.551. The summed E-state index contributed by atoms with van der Waals surface area (Å²) in [6, 6.07) is 75.7. The molecule has 0 unspecified atom stereocenters. The largest absolute Gasteiger partial charge is 0.278 e. The van der Waals surface area contributed by atoms with Crippen LogP contribution in [0, 0.1) is 0 Å². The van der Waals surface area contributed by atoms with Crippen molar-refractivity contribution < 1.29 is 0 Å². The zero-order valence-electron chi connectivity index (χ0n) is 33.4. The van der Waals surface area contributed by atoms with E-state index in [4.69, 9.17) is 15.0 Å². The lowest BCUT2D eigenvalue weighted by molar-refractivity contribution is 0.893. The summed E-state index contributed by atoms with van der Waals surface area (Å²) in [5.74, 6) is 1.70. The van der Waals surface area contributed by atoms with Crippen molar-refractivity contribution in [2.45, 2.75) is 0 Å². The van der Waals surface area contributed by atoms with Crippen LogP contribution in [0.1, 0.15) is 0 Å². The topological polar surface area (TPSA) is 48.5 Å². The maximum Gasteiger partial charge on any atom is 0.240 e. The Bertz CT molecular complexity index is 3710. The molecule has 0 amide bonds. The molecule has 0 spiro atoms. The molecule has 13 rings (SSSR count). The van der Waals surface area contributed by atoms with E-state index < -0.39 is 0 Å². The van der Waals surface area contributed by atoms with Gasteiger partial charge in [0.2, 0.25) is 11.9 Å². The Morgan fingerprint density at radius 2 is 0.581 bits per heavy atom. The number of hydrogen-bond acceptors (Lipinski definition) is 3. The van der Waals surface area contributed by atoms with Crippen molar-refractivity contribution in [2.75, 3.05) is 0 Å². The van der Waals surface area contributed by atoms with Gasteiger partial charge in [-0.1, -0.05) is 182 Å². The highest BCUT2D eigenvalue weighted by molar-refractivity contribution is 6.25. The molecule has 0 fully saturated rings. The van der Waals surface area contributed by atoms with E-state index in [0.717, 1.165) is 76.8 Å². The zero-order chi connectivity index (χ0) is 40.7. The van der Waals surface area contributed by atoms with Gasteiger partial charge in [-0.25, -0.2) is 0 Å². The van der Waals surface area contributed by atoms with Crippen molar-refractivity contribution >= 4 is 75.9 Å². The maximum absolute atomic E-state index is 5.51. The van der Waals surface area contributed by atoms with Gasteiger partial charge in [0.05, 0.1) is 22.1 Å². The van der Waals surface area contributed by atoms with E-state index in [1.165, 1.54) is 26.9 Å². The molecule has 0 saturated heterocycles. The van der Waals surface area contributed by atoms with Gasteiger partial charge in [0.1, 0.15) is 0 Å². The monoisotopic (exact) mass is 789 g/mol. The second-order valence-electron chi connectivity index (χ2n) is 16.0. The van der Waals surface area contributed by atoms with Crippen LogP contribution in [0.5, 0.6) is 0 Å². The summed E-state index contributed by atoms with van der Waals surface area (Å²) < 4.78 is 4.44. The molecule has 288 valence electrons. The molecule has 0 aliphatic carbocycles. The van der Waals surface area contributed by atoms with Crippen LogP contribution in [0.15, 0.2) is 212 Å². The van der Waals surface area contributed by atoms with Gasteiger partial charge in [-0.3, -0.25) is 9.13 Å². The molecule has 0 atom stereocenters. The Balaban J connectivity index is 1.14. The van der Waals surface area contributed by atoms with Crippen molar-refractivity contribution in [1.82, 2.24) is 24.1 Å². The van der Waals surface area contributed by atoms with Gasteiger partial charge in [0.25, 0.3) is 0 Å². The first-order valence-corrected chi connectivity index (χ1v) is 21.0. The Morgan fingerprint density at radius 3 is 1.06 bits per heavy atom. The van der Waals surface area contributed by atoms with Gasteiger partial charge in [0.15, 0.2) is 5.82 Å². The minimum atomic E-state index is 0.551. The zero-order valence-corrected chi connectivity index (χ0v) is 33.4. The van der Waals surface area contributed by atoms with Crippen LogP contribution in [0.2, 0.25) is 0 Å². The van der Waals surface area contributed by atoms with Crippen LogP contribution in [0.4, 0.5) is 0 Å². The molecular formula is C57H35N5. The summed E-state index contributed by atoms with van der Waals surface area (Å²) in [5.41, 5.74) is 9.58. The van der Waals surface area contributed by atoms with Crippen molar-refractivity contribution in [2.24, 2.45) is 0 Å². The van der Waals surface area contributed by atoms with Crippen LogP contribution in [0.25, 0.3) is 121 Å². The lowest BCUT2D eigenvalue weighted by Crippen LogP contribution is -2.10. The lowest BCUT2D eigenvalue weighted by atomic mass is 9.93. The SMILES string of the molecule is c1ccc(-c2ccc3c4ccccc4n(-c4nc(-c5ccc6c7ccccc7c7ccccc7c6c5)nc(-n5c6ccccc6c6ccc(-c7ccccc7)cc65)n4)c3c2)cc1. The third-order valence-corrected chi connectivity index (χ3v) is 12.6. The molecule has 3 aromatic heterocycles. The predicted molar refractivity (Wildman–Crippen MR) is 257 cm³/mol. The maximum atomic E-state index is 5.51. The second kappa shape index (κ2) is 13.6. The van der Waals surface area contributed by atoms with Gasteiger partial charge in [0, 0.05) is 27.1 Å². The fourth-order valence-corrected chi connectivity index (χ4v) is 9.72. The highest BCUT2D eigenvalue weighted by Crippen LogP contribution is 2.40. The van der Waals surface area contributed by atoms with Crippen molar-refractivity contribution in [3.05, 3.63) is 212 Å². The number of aromatic nitrogens is 5. The average Bonchev–Trinajstić information content (AvgIpc) is 3.86. The Morgan fingerprint density at radius 1 is 0.226 bits per heavy atom. The minimum Gasteiger partial charge on any atom is -0.278 e. The van der Waals surface area contributed by atoms with Crippen LogP contribution < -0.4 is 0 Å². The van der Waals surface area contributed by atoms with Gasteiger partial charge < -0.3 is 0 Å². The molecule has 62 heavy (non-hydrogen) atoms. The molecular weight excluding hydrogens is 755 g/mol. The van der Waals surface area contributed by atoms with Crippen molar-refractivity contribution in [3.8, 4) is 45.5 Å². The van der Waals surface area contributed by atoms with Gasteiger partial charge >= 0.3 is 0 Å². The summed E-state index contributed by atoms with van der Waals surface area (Å²) in [4.78, 5) is 16.4. The highest BCUT2D eigenvalue weighted by atomic mass is 15.3.